The molecule has 0 bridgehead atoms. The van der Waals surface area contributed by atoms with Crippen molar-refractivity contribution in [3.63, 3.8) is 0 Å². The monoisotopic (exact) mass is 329 g/mol. The van der Waals surface area contributed by atoms with Crippen LogP contribution in [-0.2, 0) is 4.79 Å². The third kappa shape index (κ3) is 4.76. The highest BCUT2D eigenvalue weighted by atomic mass is 16.2. The van der Waals surface area contributed by atoms with Crippen LogP contribution in [0.4, 0.5) is 0 Å². The van der Waals surface area contributed by atoms with E-state index in [1.165, 1.54) is 0 Å². The van der Waals surface area contributed by atoms with Gasteiger partial charge in [0, 0.05) is 44.6 Å². The minimum Gasteiger partial charge on any atom is -0.339 e. The van der Waals surface area contributed by atoms with Gasteiger partial charge in [-0.3, -0.25) is 14.7 Å². The summed E-state index contributed by atoms with van der Waals surface area (Å²) in [5, 5.41) is 12.6. The van der Waals surface area contributed by atoms with Gasteiger partial charge in [0.2, 0.25) is 5.91 Å². The van der Waals surface area contributed by atoms with Gasteiger partial charge in [0.05, 0.1) is 12.6 Å². The lowest BCUT2D eigenvalue weighted by Crippen LogP contribution is -2.54. The second kappa shape index (κ2) is 8.76. The van der Waals surface area contributed by atoms with Gasteiger partial charge in [-0.2, -0.15) is 5.26 Å². The molecule has 0 unspecified atom stereocenters. The number of hydrogen-bond acceptors (Lipinski definition) is 5. The van der Waals surface area contributed by atoms with E-state index in [1.807, 2.05) is 24.0 Å². The molecule has 6 heteroatoms. The molecule has 2 heterocycles. The number of nitriles is 1. The van der Waals surface area contributed by atoms with Gasteiger partial charge in [-0.1, -0.05) is 13.8 Å². The maximum atomic E-state index is 12.4. The van der Waals surface area contributed by atoms with E-state index < -0.39 is 0 Å². The Bertz CT molecular complexity index is 561. The zero-order valence-electron chi connectivity index (χ0n) is 14.8. The van der Waals surface area contributed by atoms with E-state index in [2.05, 4.69) is 35.1 Å². The van der Waals surface area contributed by atoms with Crippen molar-refractivity contribution in [2.45, 2.75) is 32.9 Å². The number of carbonyl (C=O) groups is 1. The second-order valence-corrected chi connectivity index (χ2v) is 6.62. The summed E-state index contributed by atoms with van der Waals surface area (Å²) in [6.45, 7) is 9.41. The molecule has 1 aliphatic rings. The number of rotatable bonds is 6. The first-order valence-electron chi connectivity index (χ1n) is 8.57. The van der Waals surface area contributed by atoms with Crippen LogP contribution in [0.5, 0.6) is 0 Å². The summed E-state index contributed by atoms with van der Waals surface area (Å²) in [5.74, 6) is 0.425. The highest BCUT2D eigenvalue weighted by Crippen LogP contribution is 2.14. The molecule has 6 nitrogen and oxygen atoms in total. The topological polar surface area (TPSA) is 72.3 Å². The average Bonchev–Trinajstić information content (AvgIpc) is 2.61. The third-order valence-electron chi connectivity index (χ3n) is 4.59. The highest BCUT2D eigenvalue weighted by Gasteiger charge is 2.27. The minimum atomic E-state index is -0.0629. The lowest BCUT2D eigenvalue weighted by Gasteiger charge is -2.38. The lowest BCUT2D eigenvalue weighted by molar-refractivity contribution is -0.132. The van der Waals surface area contributed by atoms with Crippen molar-refractivity contribution >= 4 is 5.91 Å². The summed E-state index contributed by atoms with van der Waals surface area (Å²) in [5.41, 5.74) is 1.12. The van der Waals surface area contributed by atoms with E-state index in [1.54, 1.807) is 12.4 Å². The standard InChI is InChI=1S/C18H27N5O/c1-14(2)17(12-19)22-8-10-23(11-9-22)18(24)13-21-15(3)16-4-6-20-7-5-16/h4-7,14-15,17,21H,8-11,13H2,1-3H3/t15-,17+/m1/s1. The summed E-state index contributed by atoms with van der Waals surface area (Å²) in [4.78, 5) is 20.5. The van der Waals surface area contributed by atoms with Crippen molar-refractivity contribution in [1.29, 1.82) is 5.26 Å². The molecule has 24 heavy (non-hydrogen) atoms. The third-order valence-corrected chi connectivity index (χ3v) is 4.59. The molecule has 1 fully saturated rings. The summed E-state index contributed by atoms with van der Waals surface area (Å²) in [6.07, 6.45) is 3.52. The SMILES string of the molecule is CC(C)[C@H](C#N)N1CCN(C(=O)CN[C@H](C)c2ccncc2)CC1. The van der Waals surface area contributed by atoms with Crippen LogP contribution in [0.3, 0.4) is 0 Å². The molecule has 130 valence electrons. The highest BCUT2D eigenvalue weighted by molar-refractivity contribution is 5.78. The Kier molecular flexibility index (Phi) is 6.71. The van der Waals surface area contributed by atoms with E-state index in [-0.39, 0.29) is 18.0 Å². The first-order valence-corrected chi connectivity index (χ1v) is 8.57. The van der Waals surface area contributed by atoms with Crippen molar-refractivity contribution in [2.75, 3.05) is 32.7 Å². The normalized spacial score (nSPS) is 18.2. The lowest BCUT2D eigenvalue weighted by atomic mass is 10.0. The largest absolute Gasteiger partial charge is 0.339 e. The molecule has 1 N–H and O–H groups in total. The minimum absolute atomic E-state index is 0.0629. The molecule has 1 saturated heterocycles. The second-order valence-electron chi connectivity index (χ2n) is 6.62. The van der Waals surface area contributed by atoms with Crippen molar-refractivity contribution < 1.29 is 4.79 Å². The van der Waals surface area contributed by atoms with Gasteiger partial charge in [0.25, 0.3) is 0 Å². The summed E-state index contributed by atoms with van der Waals surface area (Å²) in [6, 6.07) is 6.34. The van der Waals surface area contributed by atoms with Crippen LogP contribution < -0.4 is 5.32 Å². The number of nitrogens with one attached hydrogen (secondary N) is 1. The molecule has 2 atom stereocenters. The van der Waals surface area contributed by atoms with Gasteiger partial charge in [-0.15, -0.1) is 0 Å². The number of nitrogens with zero attached hydrogens (tertiary/aromatic N) is 4. The van der Waals surface area contributed by atoms with Crippen LogP contribution in [0.2, 0.25) is 0 Å². The zero-order valence-corrected chi connectivity index (χ0v) is 14.8. The van der Waals surface area contributed by atoms with Gasteiger partial charge >= 0.3 is 0 Å². The smallest absolute Gasteiger partial charge is 0.236 e. The fourth-order valence-electron chi connectivity index (χ4n) is 3.02. The number of hydrogen-bond donors (Lipinski definition) is 1. The molecule has 0 aliphatic carbocycles. The summed E-state index contributed by atoms with van der Waals surface area (Å²) < 4.78 is 0. The van der Waals surface area contributed by atoms with Crippen LogP contribution in [-0.4, -0.2) is 59.5 Å². The van der Waals surface area contributed by atoms with E-state index in [0.29, 0.717) is 25.6 Å². The van der Waals surface area contributed by atoms with Gasteiger partial charge in [0.15, 0.2) is 0 Å². The van der Waals surface area contributed by atoms with E-state index in [4.69, 9.17) is 0 Å². The van der Waals surface area contributed by atoms with Crippen LogP contribution in [0.25, 0.3) is 0 Å². The van der Waals surface area contributed by atoms with Crippen LogP contribution >= 0.6 is 0 Å². The molecule has 0 spiro atoms. The average molecular weight is 329 g/mol. The predicted molar refractivity (Wildman–Crippen MR) is 93.0 cm³/mol. The van der Waals surface area contributed by atoms with Crippen LogP contribution in [0, 0.1) is 17.2 Å². The molecule has 1 aromatic rings. The zero-order chi connectivity index (χ0) is 17.5. The van der Waals surface area contributed by atoms with Gasteiger partial charge < -0.3 is 10.2 Å². The van der Waals surface area contributed by atoms with E-state index in [9.17, 15) is 10.1 Å². The van der Waals surface area contributed by atoms with Crippen molar-refractivity contribution in [3.05, 3.63) is 30.1 Å². The van der Waals surface area contributed by atoms with Crippen molar-refractivity contribution in [3.8, 4) is 6.07 Å². The van der Waals surface area contributed by atoms with Crippen molar-refractivity contribution in [2.24, 2.45) is 5.92 Å². The van der Waals surface area contributed by atoms with Crippen molar-refractivity contribution in [1.82, 2.24) is 20.1 Å². The summed E-state index contributed by atoms with van der Waals surface area (Å²) in [7, 11) is 0. The summed E-state index contributed by atoms with van der Waals surface area (Å²) >= 11 is 0. The number of amides is 1. The molecule has 0 radical (unpaired) electrons. The molecule has 0 saturated carbocycles. The van der Waals surface area contributed by atoms with E-state index >= 15 is 0 Å². The first kappa shape index (κ1) is 18.4. The Labute approximate surface area is 144 Å². The van der Waals surface area contributed by atoms with Gasteiger partial charge in [-0.05, 0) is 30.5 Å². The Morgan fingerprint density at radius 3 is 2.42 bits per heavy atom. The molecule has 1 aliphatic heterocycles. The fraction of sp³-hybridized carbons (Fsp3) is 0.611. The Hall–Kier alpha value is -1.97. The maximum absolute atomic E-state index is 12.4. The quantitative estimate of drug-likeness (QED) is 0.855. The fourth-order valence-corrected chi connectivity index (χ4v) is 3.02. The van der Waals surface area contributed by atoms with Crippen LogP contribution in [0.1, 0.15) is 32.4 Å². The Morgan fingerprint density at radius 1 is 1.25 bits per heavy atom. The molecule has 1 amide bonds. The molecule has 1 aromatic heterocycles. The molecular weight excluding hydrogens is 302 g/mol. The number of piperazine rings is 1. The maximum Gasteiger partial charge on any atom is 0.236 e. The molecule has 2 rings (SSSR count). The van der Waals surface area contributed by atoms with Gasteiger partial charge in [0.1, 0.15) is 6.04 Å². The Morgan fingerprint density at radius 2 is 1.88 bits per heavy atom. The van der Waals surface area contributed by atoms with Gasteiger partial charge in [-0.25, -0.2) is 0 Å². The number of pyridine rings is 1. The first-order chi connectivity index (χ1) is 11.5. The Balaban J connectivity index is 1.78. The molecule has 0 aromatic carbocycles. The number of carbonyl (C=O) groups excluding carboxylic acids is 1. The van der Waals surface area contributed by atoms with E-state index in [0.717, 1.165) is 18.7 Å². The number of aromatic nitrogens is 1. The predicted octanol–water partition coefficient (Wildman–Crippen LogP) is 1.42. The van der Waals surface area contributed by atoms with Crippen LogP contribution in [0.15, 0.2) is 24.5 Å². The molecular formula is C18H27N5O.